The number of rotatable bonds is 5. The number of thiophene rings is 1. The molecule has 1 aromatic carbocycles. The van der Waals surface area contributed by atoms with Crippen LogP contribution in [0.3, 0.4) is 0 Å². The predicted octanol–water partition coefficient (Wildman–Crippen LogP) is 5.09. The first kappa shape index (κ1) is 18.9. The topological polar surface area (TPSA) is 52.0 Å². The molecule has 140 valence electrons. The van der Waals surface area contributed by atoms with E-state index in [1.807, 2.05) is 31.2 Å². The predicted molar refractivity (Wildman–Crippen MR) is 115 cm³/mol. The highest BCUT2D eigenvalue weighted by atomic mass is 79.9. The van der Waals surface area contributed by atoms with Crippen LogP contribution in [-0.4, -0.2) is 21.1 Å². The molecular formula is C20H19BrN2O2S2. The molecule has 0 bridgehead atoms. The summed E-state index contributed by atoms with van der Waals surface area (Å²) in [6.07, 6.45) is 4.35. The minimum absolute atomic E-state index is 0.0370. The van der Waals surface area contributed by atoms with Gasteiger partial charge in [-0.1, -0.05) is 39.8 Å². The molecule has 0 aliphatic heterocycles. The molecule has 0 spiro atoms. The van der Waals surface area contributed by atoms with Crippen molar-refractivity contribution in [1.82, 2.24) is 9.55 Å². The molecule has 1 aliphatic rings. The van der Waals surface area contributed by atoms with Crippen molar-refractivity contribution in [2.45, 2.75) is 44.3 Å². The molecule has 0 saturated heterocycles. The monoisotopic (exact) mass is 462 g/mol. The third-order valence-corrected chi connectivity index (χ3v) is 7.55. The summed E-state index contributed by atoms with van der Waals surface area (Å²) >= 11 is 6.38. The number of carbonyl (C=O) groups is 1. The maximum Gasteiger partial charge on any atom is 0.263 e. The Morgan fingerprint density at radius 3 is 2.74 bits per heavy atom. The molecule has 0 atom stereocenters. The van der Waals surface area contributed by atoms with Crippen molar-refractivity contribution in [3.63, 3.8) is 0 Å². The van der Waals surface area contributed by atoms with Gasteiger partial charge in [-0.05, 0) is 50.3 Å². The van der Waals surface area contributed by atoms with Crippen molar-refractivity contribution >= 4 is 55.0 Å². The number of carbonyl (C=O) groups excluding carboxylic acids is 1. The average Bonchev–Trinajstić information content (AvgIpc) is 3.05. The minimum Gasteiger partial charge on any atom is -0.293 e. The van der Waals surface area contributed by atoms with Gasteiger partial charge in [0, 0.05) is 21.5 Å². The van der Waals surface area contributed by atoms with E-state index in [1.165, 1.54) is 28.6 Å². The van der Waals surface area contributed by atoms with Crippen LogP contribution in [0.4, 0.5) is 0 Å². The first-order chi connectivity index (χ1) is 13.1. The van der Waals surface area contributed by atoms with E-state index >= 15 is 0 Å². The van der Waals surface area contributed by atoms with Crippen LogP contribution in [0.5, 0.6) is 0 Å². The van der Waals surface area contributed by atoms with E-state index in [0.29, 0.717) is 17.3 Å². The highest BCUT2D eigenvalue weighted by Crippen LogP contribution is 2.34. The van der Waals surface area contributed by atoms with Crippen molar-refractivity contribution in [2.75, 3.05) is 5.75 Å². The molecule has 1 aliphatic carbocycles. The number of thioether (sulfide) groups is 1. The van der Waals surface area contributed by atoms with Crippen LogP contribution in [-0.2, 0) is 19.4 Å². The lowest BCUT2D eigenvalue weighted by atomic mass is 9.97. The van der Waals surface area contributed by atoms with Crippen LogP contribution in [0.2, 0.25) is 0 Å². The molecule has 0 unspecified atom stereocenters. The molecule has 0 N–H and O–H groups in total. The normalized spacial score (nSPS) is 13.7. The third-order valence-electron chi connectivity index (χ3n) is 4.85. The van der Waals surface area contributed by atoms with Crippen molar-refractivity contribution < 1.29 is 4.79 Å². The summed E-state index contributed by atoms with van der Waals surface area (Å²) in [5.74, 6) is 0.306. The molecule has 2 heterocycles. The molecule has 0 fully saturated rings. The van der Waals surface area contributed by atoms with Crippen molar-refractivity contribution in [3.05, 3.63) is 55.1 Å². The van der Waals surface area contributed by atoms with Crippen LogP contribution in [0.15, 0.2) is 38.7 Å². The van der Waals surface area contributed by atoms with Gasteiger partial charge in [0.2, 0.25) is 0 Å². The molecule has 4 nitrogen and oxygen atoms in total. The fraction of sp³-hybridized carbons (Fsp3) is 0.350. The molecule has 3 aromatic rings. The van der Waals surface area contributed by atoms with E-state index in [-0.39, 0.29) is 17.1 Å². The first-order valence-electron chi connectivity index (χ1n) is 9.05. The fourth-order valence-corrected chi connectivity index (χ4v) is 5.98. The Labute approximate surface area is 174 Å². The molecule has 27 heavy (non-hydrogen) atoms. The van der Waals surface area contributed by atoms with Crippen molar-refractivity contribution in [3.8, 4) is 0 Å². The number of aryl methyl sites for hydroxylation is 2. The van der Waals surface area contributed by atoms with Gasteiger partial charge in [-0.15, -0.1) is 11.3 Å². The minimum atomic E-state index is 0.0370. The Morgan fingerprint density at radius 1 is 1.26 bits per heavy atom. The molecular weight excluding hydrogens is 444 g/mol. The van der Waals surface area contributed by atoms with E-state index in [1.54, 1.807) is 15.9 Å². The summed E-state index contributed by atoms with van der Waals surface area (Å²) in [5.41, 5.74) is 1.92. The van der Waals surface area contributed by atoms with Crippen LogP contribution in [0, 0.1) is 0 Å². The van der Waals surface area contributed by atoms with Crippen LogP contribution in [0.25, 0.3) is 10.2 Å². The highest BCUT2D eigenvalue weighted by molar-refractivity contribution is 9.10. The van der Waals surface area contributed by atoms with E-state index in [0.717, 1.165) is 34.0 Å². The number of Topliss-reactive ketones (excluding diaryl/α,β-unsaturated/α-hetero) is 1. The summed E-state index contributed by atoms with van der Waals surface area (Å²) < 4.78 is 2.66. The van der Waals surface area contributed by atoms with Gasteiger partial charge in [0.15, 0.2) is 10.9 Å². The van der Waals surface area contributed by atoms with Gasteiger partial charge < -0.3 is 0 Å². The van der Waals surface area contributed by atoms with Gasteiger partial charge in [0.05, 0.1) is 11.1 Å². The summed E-state index contributed by atoms with van der Waals surface area (Å²) in [5, 5.41) is 1.44. The van der Waals surface area contributed by atoms with E-state index in [9.17, 15) is 9.59 Å². The number of ketones is 1. The molecule has 7 heteroatoms. The Morgan fingerprint density at radius 2 is 2.00 bits per heavy atom. The van der Waals surface area contributed by atoms with Gasteiger partial charge in [-0.3, -0.25) is 14.2 Å². The van der Waals surface area contributed by atoms with Gasteiger partial charge >= 0.3 is 0 Å². The van der Waals surface area contributed by atoms with Crippen molar-refractivity contribution in [1.29, 1.82) is 0 Å². The molecule has 0 saturated carbocycles. The van der Waals surface area contributed by atoms with E-state index in [4.69, 9.17) is 4.98 Å². The number of fused-ring (bicyclic) bond motifs is 3. The van der Waals surface area contributed by atoms with E-state index < -0.39 is 0 Å². The second kappa shape index (κ2) is 7.89. The zero-order valence-corrected chi connectivity index (χ0v) is 18.2. The van der Waals surface area contributed by atoms with Crippen LogP contribution < -0.4 is 5.56 Å². The summed E-state index contributed by atoms with van der Waals surface area (Å²) in [4.78, 5) is 32.5. The zero-order chi connectivity index (χ0) is 19.0. The standard InChI is InChI=1S/C20H19BrN2O2S2/c1-2-23-19(25)17-14-5-3-4-6-16(14)27-18(17)22-20(23)26-11-15(24)12-7-9-13(21)10-8-12/h7-10H,2-6,11H2,1H3. The lowest BCUT2D eigenvalue weighted by Gasteiger charge is -2.12. The second-order valence-electron chi connectivity index (χ2n) is 6.55. The lowest BCUT2D eigenvalue weighted by molar-refractivity contribution is 0.102. The summed E-state index contributed by atoms with van der Waals surface area (Å²) in [7, 11) is 0. The summed E-state index contributed by atoms with van der Waals surface area (Å²) in [6.45, 7) is 2.51. The summed E-state index contributed by atoms with van der Waals surface area (Å²) in [6, 6.07) is 7.34. The van der Waals surface area contributed by atoms with Gasteiger partial charge in [-0.25, -0.2) is 4.98 Å². The Hall–Kier alpha value is -1.44. The lowest BCUT2D eigenvalue weighted by Crippen LogP contribution is -2.23. The fourth-order valence-electron chi connectivity index (χ4n) is 3.46. The Kier molecular flexibility index (Phi) is 5.53. The van der Waals surface area contributed by atoms with Gasteiger partial charge in [0.1, 0.15) is 4.83 Å². The molecule has 2 aromatic heterocycles. The van der Waals surface area contributed by atoms with Crippen LogP contribution >= 0.6 is 39.0 Å². The molecule has 4 rings (SSSR count). The molecule has 0 amide bonds. The highest BCUT2D eigenvalue weighted by Gasteiger charge is 2.22. The van der Waals surface area contributed by atoms with E-state index in [2.05, 4.69) is 15.9 Å². The van der Waals surface area contributed by atoms with Gasteiger partial charge in [-0.2, -0.15) is 0 Å². The first-order valence-corrected chi connectivity index (χ1v) is 11.6. The maximum atomic E-state index is 13.1. The number of benzene rings is 1. The quantitative estimate of drug-likeness (QED) is 0.300. The number of halogens is 1. The van der Waals surface area contributed by atoms with Crippen LogP contribution in [0.1, 0.15) is 40.6 Å². The maximum absolute atomic E-state index is 13.1. The SMILES string of the molecule is CCn1c(SCC(=O)c2ccc(Br)cc2)nc2sc3c(c2c1=O)CCCC3. The molecule has 0 radical (unpaired) electrons. The smallest absolute Gasteiger partial charge is 0.263 e. The average molecular weight is 463 g/mol. The van der Waals surface area contributed by atoms with Gasteiger partial charge in [0.25, 0.3) is 5.56 Å². The number of nitrogens with zero attached hydrogens (tertiary/aromatic N) is 2. The third kappa shape index (κ3) is 3.65. The Bertz CT molecular complexity index is 1070. The Balaban J connectivity index is 1.66. The second-order valence-corrected chi connectivity index (χ2v) is 9.50. The van der Waals surface area contributed by atoms with Crippen molar-refractivity contribution in [2.24, 2.45) is 0 Å². The zero-order valence-electron chi connectivity index (χ0n) is 15.0. The number of aromatic nitrogens is 2. The number of hydrogen-bond donors (Lipinski definition) is 0. The number of hydrogen-bond acceptors (Lipinski definition) is 5. The largest absolute Gasteiger partial charge is 0.293 e.